The van der Waals surface area contributed by atoms with Gasteiger partial charge in [0.05, 0.1) is 11.2 Å². The lowest BCUT2D eigenvalue weighted by molar-refractivity contribution is 0.00578. The molecule has 152 valence electrons. The van der Waals surface area contributed by atoms with Gasteiger partial charge in [0.25, 0.3) is 0 Å². The van der Waals surface area contributed by atoms with Crippen LogP contribution in [-0.2, 0) is 15.9 Å². The van der Waals surface area contributed by atoms with Gasteiger partial charge >= 0.3 is 20.3 Å². The van der Waals surface area contributed by atoms with E-state index in [1.165, 1.54) is 12.1 Å². The van der Waals surface area contributed by atoms with Crippen molar-refractivity contribution in [1.29, 1.82) is 0 Å². The highest BCUT2D eigenvalue weighted by atomic mass is 16.7. The molecule has 0 unspecified atom stereocenters. The van der Waals surface area contributed by atoms with Gasteiger partial charge in [0.1, 0.15) is 0 Å². The van der Waals surface area contributed by atoms with Gasteiger partial charge in [0.2, 0.25) is 0 Å². The van der Waals surface area contributed by atoms with Crippen molar-refractivity contribution in [3.63, 3.8) is 0 Å². The average molecular weight is 396 g/mol. The van der Waals surface area contributed by atoms with Crippen molar-refractivity contribution in [2.24, 2.45) is 0 Å². The number of carbonyl (C=O) groups is 1. The first-order valence-corrected chi connectivity index (χ1v) is 9.53. The summed E-state index contributed by atoms with van der Waals surface area (Å²) in [6.45, 7) is 8.43. The van der Waals surface area contributed by atoms with Crippen LogP contribution in [0.1, 0.15) is 33.3 Å². The maximum atomic E-state index is 12.1. The van der Waals surface area contributed by atoms with Crippen LogP contribution in [0.3, 0.4) is 0 Å². The maximum absolute atomic E-state index is 12.1. The molecule has 0 spiro atoms. The van der Waals surface area contributed by atoms with Gasteiger partial charge in [-0.15, -0.1) is 0 Å². The van der Waals surface area contributed by atoms with Gasteiger partial charge in [-0.05, 0) is 56.3 Å². The Morgan fingerprint density at radius 1 is 0.966 bits per heavy atom. The highest BCUT2D eigenvalue weighted by Crippen LogP contribution is 2.36. The van der Waals surface area contributed by atoms with Gasteiger partial charge in [-0.3, -0.25) is 0 Å². The molecule has 2 aromatic carbocycles. The SMILES string of the molecule is CC1(C)OB(c2ccc(CNC(=O)Nc3ccc(B(O)O)cc3)cc2)OC1(C)C. The van der Waals surface area contributed by atoms with Crippen molar-refractivity contribution in [3.8, 4) is 0 Å². The Hall–Kier alpha value is -2.32. The van der Waals surface area contributed by atoms with Crippen molar-refractivity contribution in [3.05, 3.63) is 54.1 Å². The van der Waals surface area contributed by atoms with E-state index in [0.717, 1.165) is 11.0 Å². The molecule has 29 heavy (non-hydrogen) atoms. The molecule has 3 rings (SSSR count). The standard InChI is InChI=1S/C20H26B2N2O5/c1-19(2)20(3,4)29-22(28-19)16-7-5-14(6-8-16)13-23-18(25)24-17-11-9-15(10-12-17)21(26)27/h5-12,26-27H,13H2,1-4H3,(H2,23,24,25). The van der Waals surface area contributed by atoms with Crippen LogP contribution < -0.4 is 21.6 Å². The number of carbonyl (C=O) groups excluding carboxylic acids is 1. The first-order chi connectivity index (χ1) is 13.6. The molecular weight excluding hydrogens is 370 g/mol. The fraction of sp³-hybridized carbons (Fsp3) is 0.350. The monoisotopic (exact) mass is 396 g/mol. The summed E-state index contributed by atoms with van der Waals surface area (Å²) in [5.41, 5.74) is 2.02. The molecule has 0 atom stereocenters. The summed E-state index contributed by atoms with van der Waals surface area (Å²) in [6.07, 6.45) is 0. The van der Waals surface area contributed by atoms with Crippen LogP contribution in [0.2, 0.25) is 0 Å². The van der Waals surface area contributed by atoms with Crippen molar-refractivity contribution in [2.75, 3.05) is 5.32 Å². The summed E-state index contributed by atoms with van der Waals surface area (Å²) >= 11 is 0. The molecule has 1 aliphatic rings. The van der Waals surface area contributed by atoms with Gasteiger partial charge < -0.3 is 30.0 Å². The lowest BCUT2D eigenvalue weighted by Crippen LogP contribution is -2.41. The number of hydrogen-bond acceptors (Lipinski definition) is 5. The van der Waals surface area contributed by atoms with E-state index in [0.29, 0.717) is 17.7 Å². The number of benzene rings is 2. The van der Waals surface area contributed by atoms with Crippen LogP contribution in [0.25, 0.3) is 0 Å². The molecule has 7 nitrogen and oxygen atoms in total. The molecule has 0 aliphatic carbocycles. The van der Waals surface area contributed by atoms with E-state index in [2.05, 4.69) is 10.6 Å². The highest BCUT2D eigenvalue weighted by Gasteiger charge is 2.51. The lowest BCUT2D eigenvalue weighted by Gasteiger charge is -2.32. The van der Waals surface area contributed by atoms with E-state index in [9.17, 15) is 4.79 Å². The Morgan fingerprint density at radius 3 is 2.03 bits per heavy atom. The molecule has 2 aromatic rings. The Morgan fingerprint density at radius 2 is 1.52 bits per heavy atom. The topological polar surface area (TPSA) is 100 Å². The summed E-state index contributed by atoms with van der Waals surface area (Å²) < 4.78 is 12.1. The van der Waals surface area contributed by atoms with Gasteiger partial charge in [-0.1, -0.05) is 36.4 Å². The van der Waals surface area contributed by atoms with Gasteiger partial charge in [-0.25, -0.2) is 4.79 Å². The number of urea groups is 1. The van der Waals surface area contributed by atoms with E-state index in [1.807, 2.05) is 52.0 Å². The van der Waals surface area contributed by atoms with E-state index >= 15 is 0 Å². The number of rotatable bonds is 5. The fourth-order valence-electron chi connectivity index (χ4n) is 2.87. The smallest absolute Gasteiger partial charge is 0.423 e. The zero-order valence-corrected chi connectivity index (χ0v) is 17.1. The Labute approximate surface area is 171 Å². The lowest BCUT2D eigenvalue weighted by atomic mass is 9.79. The predicted octanol–water partition coefficient (Wildman–Crippen LogP) is 0.987. The molecule has 1 saturated heterocycles. The van der Waals surface area contributed by atoms with E-state index < -0.39 is 14.2 Å². The highest BCUT2D eigenvalue weighted by molar-refractivity contribution is 6.62. The number of anilines is 1. The van der Waals surface area contributed by atoms with Crippen molar-refractivity contribution in [2.45, 2.75) is 45.4 Å². The van der Waals surface area contributed by atoms with E-state index in [4.69, 9.17) is 19.4 Å². The third-order valence-electron chi connectivity index (χ3n) is 5.42. The van der Waals surface area contributed by atoms with Crippen LogP contribution in [0.15, 0.2) is 48.5 Å². The number of amides is 2. The summed E-state index contributed by atoms with van der Waals surface area (Å²) in [5.74, 6) is 0. The Bertz CT molecular complexity index is 838. The maximum Gasteiger partial charge on any atom is 0.494 e. The third-order valence-corrected chi connectivity index (χ3v) is 5.42. The second kappa shape index (κ2) is 8.20. The second-order valence-corrected chi connectivity index (χ2v) is 8.13. The predicted molar refractivity (Wildman–Crippen MR) is 114 cm³/mol. The van der Waals surface area contributed by atoms with E-state index in [-0.39, 0.29) is 17.2 Å². The minimum absolute atomic E-state index is 0.350. The first-order valence-electron chi connectivity index (χ1n) is 9.53. The molecule has 1 fully saturated rings. The van der Waals surface area contributed by atoms with Gasteiger partial charge in [0.15, 0.2) is 0 Å². The van der Waals surface area contributed by atoms with Crippen LogP contribution >= 0.6 is 0 Å². The zero-order chi connectivity index (χ0) is 21.2. The molecule has 0 radical (unpaired) electrons. The first kappa shape index (κ1) is 21.4. The normalized spacial score (nSPS) is 17.1. The zero-order valence-electron chi connectivity index (χ0n) is 17.1. The quantitative estimate of drug-likeness (QED) is 0.565. The molecule has 0 bridgehead atoms. The summed E-state index contributed by atoms with van der Waals surface area (Å²) in [7, 11) is -1.94. The molecule has 4 N–H and O–H groups in total. The minimum Gasteiger partial charge on any atom is -0.423 e. The van der Waals surface area contributed by atoms with Crippen molar-refractivity contribution < 1.29 is 24.2 Å². The van der Waals surface area contributed by atoms with Crippen LogP contribution in [-0.4, -0.2) is 41.5 Å². The molecule has 0 aromatic heterocycles. The van der Waals surface area contributed by atoms with Crippen LogP contribution in [0, 0.1) is 0 Å². The fourth-order valence-corrected chi connectivity index (χ4v) is 2.87. The molecule has 2 amide bonds. The Kier molecular flexibility index (Phi) is 6.05. The Balaban J connectivity index is 1.52. The van der Waals surface area contributed by atoms with Gasteiger partial charge in [-0.2, -0.15) is 0 Å². The number of nitrogens with one attached hydrogen (secondary N) is 2. The van der Waals surface area contributed by atoms with Gasteiger partial charge in [0, 0.05) is 12.2 Å². The molecule has 0 saturated carbocycles. The van der Waals surface area contributed by atoms with Crippen molar-refractivity contribution >= 4 is 36.9 Å². The molecule has 1 heterocycles. The molecule has 9 heteroatoms. The third kappa shape index (κ3) is 5.00. The summed E-state index contributed by atoms with van der Waals surface area (Å²) in [4.78, 5) is 12.1. The van der Waals surface area contributed by atoms with E-state index in [1.54, 1.807) is 12.1 Å². The molecule has 1 aliphatic heterocycles. The summed E-state index contributed by atoms with van der Waals surface area (Å²) in [6, 6.07) is 13.7. The number of hydrogen-bond donors (Lipinski definition) is 4. The van der Waals surface area contributed by atoms with Crippen LogP contribution in [0.5, 0.6) is 0 Å². The largest absolute Gasteiger partial charge is 0.494 e. The van der Waals surface area contributed by atoms with Crippen molar-refractivity contribution in [1.82, 2.24) is 5.32 Å². The van der Waals surface area contributed by atoms with Crippen LogP contribution in [0.4, 0.5) is 10.5 Å². The molecular formula is C20H26B2N2O5. The summed E-state index contributed by atoms with van der Waals surface area (Å²) in [5, 5.41) is 23.7. The second-order valence-electron chi connectivity index (χ2n) is 8.13. The minimum atomic E-state index is -1.53. The average Bonchev–Trinajstić information content (AvgIpc) is 2.88.